The summed E-state index contributed by atoms with van der Waals surface area (Å²) in [5.74, 6) is -1.00. The van der Waals surface area contributed by atoms with Crippen molar-refractivity contribution < 1.29 is 27.8 Å². The van der Waals surface area contributed by atoms with Gasteiger partial charge in [0.2, 0.25) is 6.10 Å². The van der Waals surface area contributed by atoms with E-state index in [1.165, 1.54) is 11.9 Å². The maximum absolute atomic E-state index is 12.5. The van der Waals surface area contributed by atoms with Gasteiger partial charge in [-0.05, 0) is 18.2 Å². The number of hydrogen-bond donors (Lipinski definition) is 1. The van der Waals surface area contributed by atoms with E-state index in [0.29, 0.717) is 0 Å². The first-order valence-corrected chi connectivity index (χ1v) is 5.11. The largest absolute Gasteiger partial charge is 0.478 e. The number of halogens is 3. The predicted octanol–water partition coefficient (Wildman–Crippen LogP) is 1.99. The van der Waals surface area contributed by atoms with Gasteiger partial charge < -0.3 is 14.7 Å². The fraction of sp³-hybridized carbons (Fsp3) is 0.364. The Hall–Kier alpha value is -1.92. The third kappa shape index (κ3) is 2.20. The zero-order valence-corrected chi connectivity index (χ0v) is 9.36. The normalized spacial score (nSPS) is 19.1. The number of carboxylic acids is 1. The van der Waals surface area contributed by atoms with Crippen LogP contribution in [0.15, 0.2) is 18.2 Å². The quantitative estimate of drug-likeness (QED) is 0.839. The minimum absolute atomic E-state index is 0.00361. The van der Waals surface area contributed by atoms with E-state index in [2.05, 4.69) is 0 Å². The van der Waals surface area contributed by atoms with Crippen molar-refractivity contribution in [1.82, 2.24) is 0 Å². The number of fused-ring (bicyclic) bond motifs is 1. The Labute approximate surface area is 101 Å². The highest BCUT2D eigenvalue weighted by atomic mass is 19.4. The van der Waals surface area contributed by atoms with Gasteiger partial charge >= 0.3 is 12.1 Å². The minimum atomic E-state index is -4.43. The number of benzene rings is 1. The highest BCUT2D eigenvalue weighted by Gasteiger charge is 2.34. The number of aliphatic carboxylic acids is 1. The number of hydrogen-bond acceptors (Lipinski definition) is 3. The Morgan fingerprint density at radius 2 is 2.17 bits per heavy atom. The van der Waals surface area contributed by atoms with Gasteiger partial charge in [-0.2, -0.15) is 13.2 Å². The zero-order chi connectivity index (χ0) is 13.5. The smallest absolute Gasteiger partial charge is 0.416 e. The van der Waals surface area contributed by atoms with Crippen LogP contribution in [0.3, 0.4) is 0 Å². The van der Waals surface area contributed by atoms with E-state index in [9.17, 15) is 18.0 Å². The molecule has 0 aromatic heterocycles. The number of ether oxygens (including phenoxy) is 1. The maximum Gasteiger partial charge on any atom is 0.416 e. The van der Waals surface area contributed by atoms with Crippen molar-refractivity contribution in [2.75, 3.05) is 18.5 Å². The molecule has 98 valence electrons. The lowest BCUT2D eigenvalue weighted by Crippen LogP contribution is -2.42. The summed E-state index contributed by atoms with van der Waals surface area (Å²) in [6.45, 7) is 0.00361. The molecule has 1 heterocycles. The van der Waals surface area contributed by atoms with E-state index in [-0.39, 0.29) is 18.0 Å². The number of alkyl halides is 3. The molecule has 0 spiro atoms. The van der Waals surface area contributed by atoms with Gasteiger partial charge in [-0.15, -0.1) is 0 Å². The van der Waals surface area contributed by atoms with Crippen molar-refractivity contribution in [2.24, 2.45) is 0 Å². The van der Waals surface area contributed by atoms with Gasteiger partial charge in [0, 0.05) is 7.05 Å². The molecule has 0 bridgehead atoms. The molecule has 1 unspecified atom stereocenters. The van der Waals surface area contributed by atoms with Crippen molar-refractivity contribution in [2.45, 2.75) is 12.3 Å². The first-order chi connectivity index (χ1) is 8.29. The summed E-state index contributed by atoms with van der Waals surface area (Å²) < 4.78 is 42.7. The van der Waals surface area contributed by atoms with Crippen LogP contribution in [0, 0.1) is 0 Å². The van der Waals surface area contributed by atoms with Crippen LogP contribution < -0.4 is 9.64 Å². The van der Waals surface area contributed by atoms with Crippen LogP contribution in [0.1, 0.15) is 5.56 Å². The van der Waals surface area contributed by atoms with E-state index >= 15 is 0 Å². The van der Waals surface area contributed by atoms with Gasteiger partial charge in [0.1, 0.15) is 5.75 Å². The highest BCUT2D eigenvalue weighted by molar-refractivity contribution is 5.76. The van der Waals surface area contributed by atoms with Crippen LogP contribution in [0.5, 0.6) is 5.75 Å². The second kappa shape index (κ2) is 4.08. The number of carboxylic acid groups (broad SMARTS) is 1. The summed E-state index contributed by atoms with van der Waals surface area (Å²) in [5.41, 5.74) is -0.548. The Bertz CT molecular complexity index is 487. The average molecular weight is 261 g/mol. The van der Waals surface area contributed by atoms with Gasteiger partial charge in [-0.25, -0.2) is 4.79 Å². The number of carbonyl (C=O) groups is 1. The van der Waals surface area contributed by atoms with Gasteiger partial charge in [0.15, 0.2) is 0 Å². The molecule has 1 aliphatic heterocycles. The third-order valence-electron chi connectivity index (χ3n) is 2.68. The van der Waals surface area contributed by atoms with Gasteiger partial charge in [0.25, 0.3) is 0 Å². The summed E-state index contributed by atoms with van der Waals surface area (Å²) in [7, 11) is 1.53. The third-order valence-corrected chi connectivity index (χ3v) is 2.68. The molecule has 1 aliphatic rings. The van der Waals surface area contributed by atoms with Crippen LogP contribution in [-0.4, -0.2) is 30.8 Å². The van der Waals surface area contributed by atoms with Crippen molar-refractivity contribution in [3.8, 4) is 5.75 Å². The van der Waals surface area contributed by atoms with Crippen molar-refractivity contribution >= 4 is 11.7 Å². The molecule has 0 aliphatic carbocycles. The highest BCUT2D eigenvalue weighted by Crippen LogP contribution is 2.38. The lowest BCUT2D eigenvalue weighted by molar-refractivity contribution is -0.145. The molecule has 1 atom stereocenters. The van der Waals surface area contributed by atoms with Crippen molar-refractivity contribution in [3.05, 3.63) is 23.8 Å². The summed E-state index contributed by atoms with van der Waals surface area (Å²) in [5, 5.41) is 8.83. The monoisotopic (exact) mass is 261 g/mol. The Morgan fingerprint density at radius 1 is 1.50 bits per heavy atom. The van der Waals surface area contributed by atoms with Gasteiger partial charge in [-0.3, -0.25) is 0 Å². The summed E-state index contributed by atoms with van der Waals surface area (Å²) in [4.78, 5) is 12.2. The Morgan fingerprint density at radius 3 is 2.72 bits per heavy atom. The van der Waals surface area contributed by atoms with Gasteiger partial charge in [-0.1, -0.05) is 0 Å². The first-order valence-electron chi connectivity index (χ1n) is 5.11. The van der Waals surface area contributed by atoms with E-state index in [0.717, 1.165) is 18.2 Å². The SMILES string of the molecule is CN1CC(C(=O)O)Oc2ccc(C(F)(F)F)cc21. The lowest BCUT2D eigenvalue weighted by atomic mass is 10.1. The standard InChI is InChI=1S/C11H10F3NO3/c1-15-5-9(10(16)17)18-8-3-2-6(4-7(8)15)11(12,13)14/h2-4,9H,5H2,1H3,(H,16,17). The summed E-state index contributed by atoms with van der Waals surface area (Å²) in [6.07, 6.45) is -5.50. The molecular formula is C11H10F3NO3. The van der Waals surface area contributed by atoms with E-state index < -0.39 is 23.8 Å². The topological polar surface area (TPSA) is 49.8 Å². The van der Waals surface area contributed by atoms with Crippen LogP contribution in [0.2, 0.25) is 0 Å². The molecule has 1 N–H and O–H groups in total. The Kier molecular flexibility index (Phi) is 2.84. The molecule has 0 saturated heterocycles. The molecular weight excluding hydrogens is 251 g/mol. The molecule has 2 rings (SSSR count). The second-order valence-electron chi connectivity index (χ2n) is 4.01. The molecule has 0 saturated carbocycles. The maximum atomic E-state index is 12.5. The van der Waals surface area contributed by atoms with Crippen LogP contribution in [0.4, 0.5) is 18.9 Å². The summed E-state index contributed by atoms with van der Waals surface area (Å²) >= 11 is 0. The number of rotatable bonds is 1. The molecule has 1 aromatic rings. The minimum Gasteiger partial charge on any atom is -0.478 e. The van der Waals surface area contributed by atoms with Crippen LogP contribution >= 0.6 is 0 Å². The van der Waals surface area contributed by atoms with Crippen molar-refractivity contribution in [3.63, 3.8) is 0 Å². The molecule has 0 fully saturated rings. The van der Waals surface area contributed by atoms with Crippen molar-refractivity contribution in [1.29, 1.82) is 0 Å². The first kappa shape index (κ1) is 12.5. The van der Waals surface area contributed by atoms with E-state index in [1.54, 1.807) is 0 Å². The fourth-order valence-electron chi connectivity index (χ4n) is 1.76. The molecule has 0 radical (unpaired) electrons. The Balaban J connectivity index is 2.38. The van der Waals surface area contributed by atoms with Crippen LogP contribution in [0.25, 0.3) is 0 Å². The lowest BCUT2D eigenvalue weighted by Gasteiger charge is -2.32. The second-order valence-corrected chi connectivity index (χ2v) is 4.01. The van der Waals surface area contributed by atoms with Gasteiger partial charge in [0.05, 0.1) is 17.8 Å². The molecule has 4 nitrogen and oxygen atoms in total. The average Bonchev–Trinajstić information content (AvgIpc) is 2.27. The number of nitrogens with zero attached hydrogens (tertiary/aromatic N) is 1. The van der Waals surface area contributed by atoms with E-state index in [1.807, 2.05) is 0 Å². The number of likely N-dealkylation sites (N-methyl/N-ethyl adjacent to an activating group) is 1. The summed E-state index contributed by atoms with van der Waals surface area (Å²) in [6, 6.07) is 2.97. The molecule has 1 aromatic carbocycles. The molecule has 7 heteroatoms. The zero-order valence-electron chi connectivity index (χ0n) is 9.36. The predicted molar refractivity (Wildman–Crippen MR) is 56.8 cm³/mol. The van der Waals surface area contributed by atoms with E-state index in [4.69, 9.17) is 9.84 Å². The molecule has 0 amide bonds. The fourth-order valence-corrected chi connectivity index (χ4v) is 1.76. The van der Waals surface area contributed by atoms with Crippen LogP contribution in [-0.2, 0) is 11.0 Å². The molecule has 18 heavy (non-hydrogen) atoms. The number of anilines is 1.